The maximum Gasteiger partial charge on any atom is 0.232 e. The number of halogens is 1. The van der Waals surface area contributed by atoms with Crippen molar-refractivity contribution in [1.82, 2.24) is 10.2 Å². The van der Waals surface area contributed by atoms with Crippen LogP contribution in [0.15, 0.2) is 48.5 Å². The summed E-state index contributed by atoms with van der Waals surface area (Å²) in [7, 11) is -3.28. The number of anilines is 2. The average molecular weight is 475 g/mol. The molecule has 2 aliphatic heterocycles. The average Bonchev–Trinajstić information content (AvgIpc) is 3.35. The van der Waals surface area contributed by atoms with Gasteiger partial charge in [0.05, 0.1) is 11.4 Å². The van der Waals surface area contributed by atoms with E-state index < -0.39 is 10.0 Å². The highest BCUT2D eigenvalue weighted by atomic mass is 32.2. The standard InChI is InChI=1S/C25H35FN4O2S/c1-2-33(31,32)28-23-6-5-7-24(18-23)29-16-12-22(13-17-29)27-19-25(30-14-3-4-15-30)20-8-10-21(26)11-9-20/h5-11,18,22,25,27-28H,2-4,12-17,19H2,1H3/t25-/m0/s1. The van der Waals surface area contributed by atoms with Gasteiger partial charge in [0.1, 0.15) is 5.82 Å². The maximum absolute atomic E-state index is 13.4. The third-order valence-electron chi connectivity index (χ3n) is 6.80. The molecule has 2 N–H and O–H groups in total. The van der Waals surface area contributed by atoms with Crippen molar-refractivity contribution >= 4 is 21.4 Å². The molecule has 0 aliphatic carbocycles. The molecule has 1 atom stereocenters. The Bertz CT molecular complexity index is 1000. The third-order valence-corrected chi connectivity index (χ3v) is 8.10. The molecule has 4 rings (SSSR count). The summed E-state index contributed by atoms with van der Waals surface area (Å²) in [6, 6.07) is 15.3. The van der Waals surface area contributed by atoms with Crippen LogP contribution in [0.2, 0.25) is 0 Å². The zero-order valence-corrected chi connectivity index (χ0v) is 20.2. The van der Waals surface area contributed by atoms with Crippen molar-refractivity contribution in [2.24, 2.45) is 0 Å². The van der Waals surface area contributed by atoms with Gasteiger partial charge in [0.15, 0.2) is 0 Å². The molecular weight excluding hydrogens is 439 g/mol. The van der Waals surface area contributed by atoms with E-state index in [1.54, 1.807) is 25.1 Å². The van der Waals surface area contributed by atoms with Crippen molar-refractivity contribution < 1.29 is 12.8 Å². The molecule has 2 fully saturated rings. The first-order chi connectivity index (χ1) is 15.9. The lowest BCUT2D eigenvalue weighted by molar-refractivity contribution is 0.228. The van der Waals surface area contributed by atoms with Gasteiger partial charge in [-0.1, -0.05) is 18.2 Å². The van der Waals surface area contributed by atoms with Gasteiger partial charge in [-0.3, -0.25) is 9.62 Å². The van der Waals surface area contributed by atoms with E-state index in [-0.39, 0.29) is 17.6 Å². The summed E-state index contributed by atoms with van der Waals surface area (Å²) in [5, 5.41) is 3.78. The minimum absolute atomic E-state index is 0.0602. The van der Waals surface area contributed by atoms with Crippen molar-refractivity contribution in [2.45, 2.75) is 44.7 Å². The summed E-state index contributed by atoms with van der Waals surface area (Å²) >= 11 is 0. The van der Waals surface area contributed by atoms with Crippen LogP contribution in [0.4, 0.5) is 15.8 Å². The lowest BCUT2D eigenvalue weighted by Gasteiger charge is -2.36. The normalized spacial score (nSPS) is 19.0. The van der Waals surface area contributed by atoms with Crippen molar-refractivity contribution in [1.29, 1.82) is 0 Å². The van der Waals surface area contributed by atoms with E-state index in [0.717, 1.165) is 51.3 Å². The molecule has 33 heavy (non-hydrogen) atoms. The van der Waals surface area contributed by atoms with Crippen LogP contribution < -0.4 is 14.9 Å². The number of rotatable bonds is 9. The van der Waals surface area contributed by atoms with Gasteiger partial charge in [0.25, 0.3) is 0 Å². The van der Waals surface area contributed by atoms with Crippen LogP contribution in [0.25, 0.3) is 0 Å². The molecule has 0 radical (unpaired) electrons. The third kappa shape index (κ3) is 6.46. The Kier molecular flexibility index (Phi) is 7.88. The molecule has 0 saturated carbocycles. The van der Waals surface area contributed by atoms with Crippen molar-refractivity contribution in [2.75, 3.05) is 48.1 Å². The zero-order chi connectivity index (χ0) is 23.3. The molecule has 2 aromatic rings. The van der Waals surface area contributed by atoms with Gasteiger partial charge in [0.2, 0.25) is 10.0 Å². The van der Waals surface area contributed by atoms with E-state index in [4.69, 9.17) is 0 Å². The second kappa shape index (κ2) is 10.8. The second-order valence-corrected chi connectivity index (χ2v) is 11.0. The van der Waals surface area contributed by atoms with Gasteiger partial charge < -0.3 is 10.2 Å². The fraction of sp³-hybridized carbons (Fsp3) is 0.520. The minimum Gasteiger partial charge on any atom is -0.371 e. The SMILES string of the molecule is CCS(=O)(=O)Nc1cccc(N2CCC(NC[C@@H](c3ccc(F)cc3)N3CCCC3)CC2)c1. The van der Waals surface area contributed by atoms with Gasteiger partial charge in [-0.2, -0.15) is 0 Å². The summed E-state index contributed by atoms with van der Waals surface area (Å²) in [6.07, 6.45) is 4.51. The monoisotopic (exact) mass is 474 g/mol. The second-order valence-electron chi connectivity index (χ2n) is 9.04. The fourth-order valence-electron chi connectivity index (χ4n) is 4.83. The molecule has 2 aliphatic rings. The Hall–Kier alpha value is -2.16. The number of nitrogens with one attached hydrogen (secondary N) is 2. The lowest BCUT2D eigenvalue weighted by atomic mass is 10.0. The number of hydrogen-bond donors (Lipinski definition) is 2. The number of piperidine rings is 1. The number of sulfonamides is 1. The van der Waals surface area contributed by atoms with Gasteiger partial charge in [-0.15, -0.1) is 0 Å². The van der Waals surface area contributed by atoms with Gasteiger partial charge in [0, 0.05) is 37.4 Å². The molecule has 0 unspecified atom stereocenters. The molecular formula is C25H35FN4O2S. The Balaban J connectivity index is 1.33. The number of likely N-dealkylation sites (tertiary alicyclic amines) is 1. The van der Waals surface area contributed by atoms with Crippen LogP contribution in [-0.2, 0) is 10.0 Å². The van der Waals surface area contributed by atoms with Gasteiger partial charge >= 0.3 is 0 Å². The number of benzene rings is 2. The Labute approximate surface area is 197 Å². The smallest absolute Gasteiger partial charge is 0.232 e. The lowest BCUT2D eigenvalue weighted by Crippen LogP contribution is -2.45. The molecule has 0 spiro atoms. The summed E-state index contributed by atoms with van der Waals surface area (Å²) in [4.78, 5) is 4.83. The first-order valence-electron chi connectivity index (χ1n) is 12.0. The van der Waals surface area contributed by atoms with Crippen LogP contribution in [0.3, 0.4) is 0 Å². The minimum atomic E-state index is -3.28. The number of nitrogens with zero attached hydrogens (tertiary/aromatic N) is 2. The molecule has 2 aromatic carbocycles. The van der Waals surface area contributed by atoms with E-state index in [1.807, 2.05) is 30.3 Å². The summed E-state index contributed by atoms with van der Waals surface area (Å²) < 4.78 is 39.8. The molecule has 2 heterocycles. The van der Waals surface area contributed by atoms with E-state index in [1.165, 1.54) is 18.4 Å². The van der Waals surface area contributed by atoms with E-state index in [2.05, 4.69) is 19.8 Å². The highest BCUT2D eigenvalue weighted by Crippen LogP contribution is 2.27. The molecule has 8 heteroatoms. The van der Waals surface area contributed by atoms with Crippen molar-refractivity contribution in [3.8, 4) is 0 Å². The van der Waals surface area contributed by atoms with E-state index >= 15 is 0 Å². The van der Waals surface area contributed by atoms with Gasteiger partial charge in [-0.25, -0.2) is 12.8 Å². The molecule has 0 aromatic heterocycles. The number of hydrogen-bond acceptors (Lipinski definition) is 5. The molecule has 0 bridgehead atoms. The molecule has 180 valence electrons. The van der Waals surface area contributed by atoms with Crippen LogP contribution in [0, 0.1) is 5.82 Å². The van der Waals surface area contributed by atoms with Crippen LogP contribution >= 0.6 is 0 Å². The summed E-state index contributed by atoms with van der Waals surface area (Å²) in [5.41, 5.74) is 2.84. The summed E-state index contributed by atoms with van der Waals surface area (Å²) in [5.74, 6) is -0.129. The topological polar surface area (TPSA) is 64.7 Å². The first-order valence-corrected chi connectivity index (χ1v) is 13.7. The first kappa shape index (κ1) is 24.0. The predicted octanol–water partition coefficient (Wildman–Crippen LogP) is 3.98. The highest BCUT2D eigenvalue weighted by Gasteiger charge is 2.26. The zero-order valence-electron chi connectivity index (χ0n) is 19.3. The molecule has 6 nitrogen and oxygen atoms in total. The molecule has 0 amide bonds. The van der Waals surface area contributed by atoms with Crippen molar-refractivity contribution in [3.63, 3.8) is 0 Å². The quantitative estimate of drug-likeness (QED) is 0.576. The van der Waals surface area contributed by atoms with Crippen molar-refractivity contribution in [3.05, 3.63) is 59.9 Å². The molecule has 2 saturated heterocycles. The largest absolute Gasteiger partial charge is 0.371 e. The maximum atomic E-state index is 13.4. The van der Waals surface area contributed by atoms with Crippen LogP contribution in [-0.4, -0.2) is 57.8 Å². The Morgan fingerprint density at radius 3 is 2.39 bits per heavy atom. The summed E-state index contributed by atoms with van der Waals surface area (Å²) in [6.45, 7) is 6.54. The Morgan fingerprint density at radius 2 is 1.73 bits per heavy atom. The predicted molar refractivity (Wildman–Crippen MR) is 133 cm³/mol. The van der Waals surface area contributed by atoms with Crippen LogP contribution in [0.1, 0.15) is 44.2 Å². The van der Waals surface area contributed by atoms with Gasteiger partial charge in [-0.05, 0) is 81.6 Å². The Morgan fingerprint density at radius 1 is 1.03 bits per heavy atom. The van der Waals surface area contributed by atoms with E-state index in [9.17, 15) is 12.8 Å². The van der Waals surface area contributed by atoms with Crippen LogP contribution in [0.5, 0.6) is 0 Å². The highest BCUT2D eigenvalue weighted by molar-refractivity contribution is 7.92. The fourth-order valence-corrected chi connectivity index (χ4v) is 5.46. The van der Waals surface area contributed by atoms with E-state index in [0.29, 0.717) is 11.7 Å².